The Morgan fingerprint density at radius 3 is 2.96 bits per heavy atom. The molecule has 0 saturated carbocycles. The predicted octanol–water partition coefficient (Wildman–Crippen LogP) is 2.05. The topological polar surface area (TPSA) is 87.6 Å². The van der Waals surface area contributed by atoms with Gasteiger partial charge in [0.15, 0.2) is 0 Å². The van der Waals surface area contributed by atoms with Crippen molar-refractivity contribution in [2.75, 3.05) is 25.5 Å². The SMILES string of the molecule is COC(=O)/C=C/c1cnc(N[C@@H]2CCN(Cc3ccccc3O)C2)cn1. The molecule has 3 rings (SSSR count). The summed E-state index contributed by atoms with van der Waals surface area (Å²) >= 11 is 0. The van der Waals surface area contributed by atoms with E-state index in [0.717, 1.165) is 31.6 Å². The van der Waals surface area contributed by atoms with E-state index in [4.69, 9.17) is 0 Å². The van der Waals surface area contributed by atoms with Crippen LogP contribution in [0.1, 0.15) is 17.7 Å². The summed E-state index contributed by atoms with van der Waals surface area (Å²) in [6.45, 7) is 2.56. The maximum atomic E-state index is 11.1. The Labute approximate surface area is 152 Å². The number of aromatic hydroxyl groups is 1. The Morgan fingerprint density at radius 1 is 1.38 bits per heavy atom. The van der Waals surface area contributed by atoms with Gasteiger partial charge in [-0.05, 0) is 18.6 Å². The highest BCUT2D eigenvalue weighted by Gasteiger charge is 2.23. The lowest BCUT2D eigenvalue weighted by atomic mass is 10.2. The van der Waals surface area contributed by atoms with Crippen LogP contribution in [-0.2, 0) is 16.1 Å². The number of para-hydroxylation sites is 1. The minimum Gasteiger partial charge on any atom is -0.508 e. The van der Waals surface area contributed by atoms with Crippen molar-refractivity contribution in [1.82, 2.24) is 14.9 Å². The summed E-state index contributed by atoms with van der Waals surface area (Å²) in [5.41, 5.74) is 1.53. The maximum Gasteiger partial charge on any atom is 0.330 e. The van der Waals surface area contributed by atoms with E-state index in [1.807, 2.05) is 18.2 Å². The number of phenolic OH excluding ortho intramolecular Hbond substituents is 1. The van der Waals surface area contributed by atoms with Crippen LogP contribution >= 0.6 is 0 Å². The lowest BCUT2D eigenvalue weighted by Crippen LogP contribution is -2.26. The van der Waals surface area contributed by atoms with Crippen LogP contribution in [0.2, 0.25) is 0 Å². The molecule has 2 heterocycles. The molecule has 0 bridgehead atoms. The molecule has 7 heteroatoms. The number of ether oxygens (including phenoxy) is 1. The molecule has 136 valence electrons. The van der Waals surface area contributed by atoms with Crippen molar-refractivity contribution >= 4 is 17.9 Å². The van der Waals surface area contributed by atoms with Crippen LogP contribution in [-0.4, -0.2) is 52.2 Å². The highest BCUT2D eigenvalue weighted by Crippen LogP contribution is 2.21. The number of esters is 1. The number of methoxy groups -OCH3 is 1. The van der Waals surface area contributed by atoms with Gasteiger partial charge in [-0.15, -0.1) is 0 Å². The van der Waals surface area contributed by atoms with Crippen LogP contribution in [0.25, 0.3) is 6.08 Å². The number of hydrogen-bond acceptors (Lipinski definition) is 7. The second kappa shape index (κ2) is 8.44. The van der Waals surface area contributed by atoms with Crippen LogP contribution < -0.4 is 5.32 Å². The first kappa shape index (κ1) is 17.9. The Morgan fingerprint density at radius 2 is 2.23 bits per heavy atom. The minimum atomic E-state index is -0.426. The predicted molar refractivity (Wildman–Crippen MR) is 98.5 cm³/mol. The Hall–Kier alpha value is -2.93. The molecule has 7 nitrogen and oxygen atoms in total. The summed E-state index contributed by atoms with van der Waals surface area (Å²) in [4.78, 5) is 22.0. The van der Waals surface area contributed by atoms with Gasteiger partial charge in [-0.1, -0.05) is 18.2 Å². The highest BCUT2D eigenvalue weighted by molar-refractivity contribution is 5.86. The van der Waals surface area contributed by atoms with Crippen LogP contribution in [0.4, 0.5) is 5.82 Å². The molecule has 1 atom stereocenters. The first-order valence-corrected chi connectivity index (χ1v) is 8.48. The number of phenols is 1. The summed E-state index contributed by atoms with van der Waals surface area (Å²) in [7, 11) is 1.33. The second-order valence-electron chi connectivity index (χ2n) is 6.18. The third-order valence-corrected chi connectivity index (χ3v) is 4.27. The first-order valence-electron chi connectivity index (χ1n) is 8.48. The third kappa shape index (κ3) is 4.80. The van der Waals surface area contributed by atoms with E-state index in [2.05, 4.69) is 24.9 Å². The monoisotopic (exact) mass is 354 g/mol. The van der Waals surface area contributed by atoms with E-state index in [1.165, 1.54) is 13.2 Å². The smallest absolute Gasteiger partial charge is 0.330 e. The zero-order valence-corrected chi connectivity index (χ0v) is 14.6. The summed E-state index contributed by atoms with van der Waals surface area (Å²) in [6, 6.07) is 7.71. The molecule has 1 aromatic carbocycles. The Bertz CT molecular complexity index is 777. The third-order valence-electron chi connectivity index (χ3n) is 4.27. The molecule has 0 spiro atoms. The van der Waals surface area contributed by atoms with E-state index in [1.54, 1.807) is 24.5 Å². The molecule has 1 aliphatic rings. The average molecular weight is 354 g/mol. The van der Waals surface area contributed by atoms with Gasteiger partial charge in [0.05, 0.1) is 25.2 Å². The lowest BCUT2D eigenvalue weighted by Gasteiger charge is -2.17. The average Bonchev–Trinajstić information content (AvgIpc) is 3.09. The zero-order valence-electron chi connectivity index (χ0n) is 14.6. The molecule has 0 aliphatic carbocycles. The number of nitrogens with zero attached hydrogens (tertiary/aromatic N) is 3. The number of carbonyl (C=O) groups excluding carboxylic acids is 1. The van der Waals surface area contributed by atoms with Crippen molar-refractivity contribution in [3.63, 3.8) is 0 Å². The van der Waals surface area contributed by atoms with Gasteiger partial charge in [0.1, 0.15) is 11.6 Å². The van der Waals surface area contributed by atoms with E-state index in [0.29, 0.717) is 17.3 Å². The van der Waals surface area contributed by atoms with Gasteiger partial charge in [-0.25, -0.2) is 9.78 Å². The summed E-state index contributed by atoms with van der Waals surface area (Å²) in [5, 5.41) is 13.3. The molecule has 2 N–H and O–H groups in total. The molecule has 0 radical (unpaired) electrons. The standard InChI is InChI=1S/C19H22N4O3/c1-26-19(25)7-6-15-10-21-18(11-20-15)22-16-8-9-23(13-16)12-14-4-2-3-5-17(14)24/h2-7,10-11,16,24H,8-9,12-13H2,1H3,(H,21,22)/b7-6+/t16-/m1/s1. The molecule has 1 aromatic heterocycles. The molecular weight excluding hydrogens is 332 g/mol. The number of aromatic nitrogens is 2. The van der Waals surface area contributed by atoms with Crippen molar-refractivity contribution in [3.05, 3.63) is 54.0 Å². The quantitative estimate of drug-likeness (QED) is 0.606. The van der Waals surface area contributed by atoms with Gasteiger partial charge in [0.2, 0.25) is 0 Å². The largest absolute Gasteiger partial charge is 0.508 e. The van der Waals surface area contributed by atoms with E-state index in [-0.39, 0.29) is 6.04 Å². The minimum absolute atomic E-state index is 0.284. The highest BCUT2D eigenvalue weighted by atomic mass is 16.5. The van der Waals surface area contributed by atoms with Crippen molar-refractivity contribution in [3.8, 4) is 5.75 Å². The molecule has 1 fully saturated rings. The van der Waals surface area contributed by atoms with Crippen LogP contribution in [0.3, 0.4) is 0 Å². The first-order chi connectivity index (χ1) is 12.6. The Kier molecular flexibility index (Phi) is 5.80. The normalized spacial score (nSPS) is 17.5. The van der Waals surface area contributed by atoms with Crippen LogP contribution in [0, 0.1) is 0 Å². The number of hydrogen-bond donors (Lipinski definition) is 2. The number of likely N-dealkylation sites (tertiary alicyclic amines) is 1. The summed E-state index contributed by atoms with van der Waals surface area (Å²) in [6.07, 6.45) is 7.13. The molecule has 1 saturated heterocycles. The second-order valence-corrected chi connectivity index (χ2v) is 6.18. The molecule has 2 aromatic rings. The van der Waals surface area contributed by atoms with Crippen LogP contribution in [0.5, 0.6) is 5.75 Å². The fourth-order valence-electron chi connectivity index (χ4n) is 2.91. The molecule has 0 amide bonds. The number of rotatable bonds is 6. The fraction of sp³-hybridized carbons (Fsp3) is 0.316. The molecular formula is C19H22N4O3. The molecule has 0 unspecified atom stereocenters. The zero-order chi connectivity index (χ0) is 18.4. The maximum absolute atomic E-state index is 11.1. The van der Waals surface area contributed by atoms with E-state index >= 15 is 0 Å². The number of anilines is 1. The van der Waals surface area contributed by atoms with Gasteiger partial charge in [-0.3, -0.25) is 9.88 Å². The van der Waals surface area contributed by atoms with E-state index in [9.17, 15) is 9.90 Å². The number of nitrogens with one attached hydrogen (secondary N) is 1. The summed E-state index contributed by atoms with van der Waals surface area (Å²) < 4.78 is 4.54. The van der Waals surface area contributed by atoms with Gasteiger partial charge < -0.3 is 15.2 Å². The van der Waals surface area contributed by atoms with Gasteiger partial charge in [0.25, 0.3) is 0 Å². The van der Waals surface area contributed by atoms with Gasteiger partial charge in [-0.2, -0.15) is 0 Å². The Balaban J connectivity index is 1.51. The van der Waals surface area contributed by atoms with Crippen LogP contribution in [0.15, 0.2) is 42.7 Å². The summed E-state index contributed by atoms with van der Waals surface area (Å²) in [5.74, 6) is 0.615. The van der Waals surface area contributed by atoms with Crippen molar-refractivity contribution in [2.24, 2.45) is 0 Å². The van der Waals surface area contributed by atoms with Crippen molar-refractivity contribution in [1.29, 1.82) is 0 Å². The number of benzene rings is 1. The van der Waals surface area contributed by atoms with Crippen molar-refractivity contribution in [2.45, 2.75) is 19.0 Å². The molecule has 1 aliphatic heterocycles. The number of carbonyl (C=O) groups is 1. The van der Waals surface area contributed by atoms with Crippen molar-refractivity contribution < 1.29 is 14.6 Å². The van der Waals surface area contributed by atoms with Gasteiger partial charge >= 0.3 is 5.97 Å². The fourth-order valence-corrected chi connectivity index (χ4v) is 2.91. The van der Waals surface area contributed by atoms with E-state index < -0.39 is 5.97 Å². The molecule has 26 heavy (non-hydrogen) atoms. The van der Waals surface area contributed by atoms with Gasteiger partial charge in [0, 0.05) is 37.3 Å². The lowest BCUT2D eigenvalue weighted by molar-refractivity contribution is -0.134.